The summed E-state index contributed by atoms with van der Waals surface area (Å²) in [6.07, 6.45) is 0.831. The number of nitrogens with zero attached hydrogens (tertiary/aromatic N) is 2. The highest BCUT2D eigenvalue weighted by Gasteiger charge is 2.33. The van der Waals surface area contributed by atoms with Gasteiger partial charge >= 0.3 is 0 Å². The molecule has 148 valence electrons. The van der Waals surface area contributed by atoms with E-state index in [1.165, 1.54) is 0 Å². The zero-order valence-corrected chi connectivity index (χ0v) is 17.0. The number of hydrogen-bond acceptors (Lipinski definition) is 4. The van der Waals surface area contributed by atoms with Gasteiger partial charge in [-0.1, -0.05) is 32.9 Å². The Balaban J connectivity index is 1.54. The van der Waals surface area contributed by atoms with Crippen LogP contribution in [0.1, 0.15) is 40.2 Å². The van der Waals surface area contributed by atoms with Gasteiger partial charge in [-0.2, -0.15) is 0 Å². The first kappa shape index (κ1) is 19.5. The van der Waals surface area contributed by atoms with Crippen molar-refractivity contribution < 1.29 is 19.1 Å². The number of carbonyl (C=O) groups is 2. The van der Waals surface area contributed by atoms with Gasteiger partial charge in [-0.3, -0.25) is 9.59 Å². The molecule has 0 spiro atoms. The van der Waals surface area contributed by atoms with E-state index >= 15 is 0 Å². The third-order valence-electron chi connectivity index (χ3n) is 4.97. The molecule has 1 aromatic carbocycles. The van der Waals surface area contributed by atoms with E-state index in [1.54, 1.807) is 4.90 Å². The Labute approximate surface area is 161 Å². The van der Waals surface area contributed by atoms with Crippen LogP contribution in [0.5, 0.6) is 11.5 Å². The van der Waals surface area contributed by atoms with Crippen molar-refractivity contribution in [1.82, 2.24) is 9.80 Å². The quantitative estimate of drug-likeness (QED) is 0.816. The smallest absolute Gasteiger partial charge is 0.260 e. The molecule has 6 heteroatoms. The van der Waals surface area contributed by atoms with E-state index in [0.717, 1.165) is 17.7 Å². The third-order valence-corrected chi connectivity index (χ3v) is 4.97. The summed E-state index contributed by atoms with van der Waals surface area (Å²) in [5, 5.41) is 0. The minimum atomic E-state index is -0.392. The van der Waals surface area contributed by atoms with Crippen LogP contribution in [0.15, 0.2) is 18.2 Å². The molecule has 0 atom stereocenters. The second-order valence-corrected chi connectivity index (χ2v) is 8.99. The van der Waals surface area contributed by atoms with Crippen molar-refractivity contribution in [1.29, 1.82) is 0 Å². The number of ether oxygens (including phenoxy) is 2. The Bertz CT molecular complexity index is 728. The predicted molar refractivity (Wildman–Crippen MR) is 103 cm³/mol. The maximum absolute atomic E-state index is 12.5. The molecular weight excluding hydrogens is 344 g/mol. The molecule has 0 aliphatic carbocycles. The lowest BCUT2D eigenvalue weighted by Gasteiger charge is -2.37. The third kappa shape index (κ3) is 4.37. The molecule has 0 saturated carbocycles. The first-order valence-electron chi connectivity index (χ1n) is 9.58. The fourth-order valence-electron chi connectivity index (χ4n) is 3.57. The van der Waals surface area contributed by atoms with Crippen molar-refractivity contribution in [3.63, 3.8) is 0 Å². The zero-order chi connectivity index (χ0) is 19.8. The predicted octanol–water partition coefficient (Wildman–Crippen LogP) is 2.50. The molecule has 27 heavy (non-hydrogen) atoms. The van der Waals surface area contributed by atoms with Crippen LogP contribution in [0.2, 0.25) is 0 Å². The number of hydrogen-bond donors (Lipinski definition) is 0. The Morgan fingerprint density at radius 1 is 1.11 bits per heavy atom. The summed E-state index contributed by atoms with van der Waals surface area (Å²) >= 11 is 0. The van der Waals surface area contributed by atoms with E-state index in [9.17, 15) is 9.59 Å². The minimum Gasteiger partial charge on any atom is -0.483 e. The molecule has 1 saturated heterocycles. The molecule has 6 nitrogen and oxygen atoms in total. The topological polar surface area (TPSA) is 59.1 Å². The van der Waals surface area contributed by atoms with Gasteiger partial charge in [-0.25, -0.2) is 0 Å². The normalized spacial score (nSPS) is 18.7. The van der Waals surface area contributed by atoms with Gasteiger partial charge in [-0.15, -0.1) is 0 Å². The molecule has 0 unspecified atom stereocenters. The number of para-hydroxylation sites is 1. The van der Waals surface area contributed by atoms with Crippen molar-refractivity contribution in [3.8, 4) is 11.5 Å². The first-order valence-corrected chi connectivity index (χ1v) is 9.58. The van der Waals surface area contributed by atoms with E-state index in [1.807, 2.05) is 57.7 Å². The molecule has 0 N–H and O–H groups in total. The molecule has 1 fully saturated rings. The van der Waals surface area contributed by atoms with E-state index in [0.29, 0.717) is 31.9 Å². The maximum atomic E-state index is 12.5. The molecule has 2 aliphatic heterocycles. The van der Waals surface area contributed by atoms with E-state index in [-0.39, 0.29) is 24.0 Å². The number of piperazine rings is 1. The summed E-state index contributed by atoms with van der Waals surface area (Å²) in [4.78, 5) is 28.5. The van der Waals surface area contributed by atoms with E-state index < -0.39 is 5.41 Å². The second kappa shape index (κ2) is 7.06. The molecule has 0 bridgehead atoms. The highest BCUT2D eigenvalue weighted by Crippen LogP contribution is 2.41. The summed E-state index contributed by atoms with van der Waals surface area (Å²) in [6, 6.07) is 5.80. The maximum Gasteiger partial charge on any atom is 0.260 e. The molecule has 2 amide bonds. The molecule has 1 aromatic rings. The molecule has 2 aliphatic rings. The van der Waals surface area contributed by atoms with Crippen molar-refractivity contribution in [3.05, 3.63) is 23.8 Å². The van der Waals surface area contributed by atoms with E-state index in [4.69, 9.17) is 9.47 Å². The molecule has 0 aromatic heterocycles. The van der Waals surface area contributed by atoms with Gasteiger partial charge in [0.25, 0.3) is 5.91 Å². The van der Waals surface area contributed by atoms with Crippen LogP contribution in [-0.2, 0) is 16.0 Å². The summed E-state index contributed by atoms with van der Waals surface area (Å²) in [5.41, 5.74) is 0.470. The largest absolute Gasteiger partial charge is 0.483 e. The van der Waals surface area contributed by atoms with Crippen LogP contribution >= 0.6 is 0 Å². The zero-order valence-electron chi connectivity index (χ0n) is 17.0. The highest BCUT2D eigenvalue weighted by atomic mass is 16.5. The molecule has 2 heterocycles. The van der Waals surface area contributed by atoms with Crippen LogP contribution in [0.3, 0.4) is 0 Å². The lowest BCUT2D eigenvalue weighted by atomic mass is 9.94. The fourth-order valence-corrected chi connectivity index (χ4v) is 3.57. The number of benzene rings is 1. The van der Waals surface area contributed by atoms with Gasteiger partial charge in [0.15, 0.2) is 18.1 Å². The van der Waals surface area contributed by atoms with Crippen LogP contribution in [0.25, 0.3) is 0 Å². The van der Waals surface area contributed by atoms with Gasteiger partial charge in [0.05, 0.1) is 0 Å². The van der Waals surface area contributed by atoms with Crippen molar-refractivity contribution in [2.45, 2.75) is 46.6 Å². The van der Waals surface area contributed by atoms with Gasteiger partial charge < -0.3 is 19.3 Å². The van der Waals surface area contributed by atoms with Crippen LogP contribution in [0, 0.1) is 5.41 Å². The number of rotatable bonds is 3. The molecular formula is C21H30N2O4. The average molecular weight is 374 g/mol. The Morgan fingerprint density at radius 2 is 1.74 bits per heavy atom. The van der Waals surface area contributed by atoms with Gasteiger partial charge in [0, 0.05) is 43.6 Å². The van der Waals surface area contributed by atoms with Gasteiger partial charge in [0.1, 0.15) is 5.60 Å². The second-order valence-electron chi connectivity index (χ2n) is 8.99. The molecule has 3 rings (SSSR count). The summed E-state index contributed by atoms with van der Waals surface area (Å²) in [7, 11) is 0. The number of amides is 2. The van der Waals surface area contributed by atoms with Crippen molar-refractivity contribution >= 4 is 11.8 Å². The standard InChI is InChI=1S/C21H30N2O4/c1-20(2,3)19(25)23-11-9-22(10-12-23)17(24)14-26-16-8-6-7-15-13-21(4,5)27-18(15)16/h6-8H,9-14H2,1-5H3. The van der Waals surface area contributed by atoms with Crippen molar-refractivity contribution in [2.75, 3.05) is 32.8 Å². The Kier molecular flexibility index (Phi) is 5.10. The highest BCUT2D eigenvalue weighted by molar-refractivity contribution is 5.82. The SMILES string of the molecule is CC1(C)Cc2cccc(OCC(=O)N3CCN(C(=O)C(C)(C)C)CC3)c2O1. The Morgan fingerprint density at radius 3 is 2.37 bits per heavy atom. The lowest BCUT2D eigenvalue weighted by Crippen LogP contribution is -2.53. The van der Waals surface area contributed by atoms with Crippen molar-refractivity contribution in [2.24, 2.45) is 5.41 Å². The molecule has 0 radical (unpaired) electrons. The Hall–Kier alpha value is -2.24. The number of carbonyl (C=O) groups excluding carboxylic acids is 2. The summed E-state index contributed by atoms with van der Waals surface area (Å²) in [6.45, 7) is 12.0. The van der Waals surface area contributed by atoms with Crippen LogP contribution in [-0.4, -0.2) is 60.0 Å². The van der Waals surface area contributed by atoms with Gasteiger partial charge in [-0.05, 0) is 19.9 Å². The summed E-state index contributed by atoms with van der Waals surface area (Å²) in [5.74, 6) is 1.43. The van der Waals surface area contributed by atoms with Crippen LogP contribution < -0.4 is 9.47 Å². The fraction of sp³-hybridized carbons (Fsp3) is 0.619. The van der Waals surface area contributed by atoms with Crippen LogP contribution in [0.4, 0.5) is 0 Å². The average Bonchev–Trinajstić information content (AvgIpc) is 2.92. The number of fused-ring (bicyclic) bond motifs is 1. The summed E-state index contributed by atoms with van der Waals surface area (Å²) < 4.78 is 11.8. The van der Waals surface area contributed by atoms with E-state index in [2.05, 4.69) is 0 Å². The minimum absolute atomic E-state index is 0.0204. The monoisotopic (exact) mass is 374 g/mol. The van der Waals surface area contributed by atoms with Gasteiger partial charge in [0.2, 0.25) is 5.91 Å². The lowest BCUT2D eigenvalue weighted by molar-refractivity contribution is -0.145. The first-order chi connectivity index (χ1) is 12.6.